The number of ether oxygens (including phenoxy) is 4. The van der Waals surface area contributed by atoms with E-state index in [0.717, 1.165) is 22.3 Å². The minimum atomic E-state index is -1.52. The fourth-order valence-corrected chi connectivity index (χ4v) is 6.53. The van der Waals surface area contributed by atoms with Gasteiger partial charge in [0.25, 0.3) is 0 Å². The monoisotopic (exact) mass is 913 g/mol. The molecule has 20 heteroatoms. The summed E-state index contributed by atoms with van der Waals surface area (Å²) < 4.78 is 21.1. The summed E-state index contributed by atoms with van der Waals surface area (Å²) in [4.78, 5) is 115. The van der Waals surface area contributed by atoms with Crippen molar-refractivity contribution in [3.05, 3.63) is 108 Å². The number of hydrogen-bond donors (Lipinski definition) is 7. The maximum absolute atomic E-state index is 13.7. The van der Waals surface area contributed by atoms with Gasteiger partial charge in [-0.15, -0.1) is 0 Å². The maximum Gasteiger partial charge on any atom is 0.408 e. The third-order valence-electron chi connectivity index (χ3n) is 9.54. The van der Waals surface area contributed by atoms with Crippen LogP contribution in [-0.2, 0) is 58.9 Å². The molecule has 0 saturated carbocycles. The van der Waals surface area contributed by atoms with Crippen molar-refractivity contribution in [1.82, 2.24) is 31.9 Å². The van der Waals surface area contributed by atoms with Crippen LogP contribution >= 0.6 is 0 Å². The van der Waals surface area contributed by atoms with Gasteiger partial charge < -0.3 is 56.6 Å². The lowest BCUT2D eigenvalue weighted by Gasteiger charge is -2.25. The first-order valence-corrected chi connectivity index (χ1v) is 20.9. The van der Waals surface area contributed by atoms with E-state index in [0.29, 0.717) is 5.56 Å². The van der Waals surface area contributed by atoms with E-state index >= 15 is 0 Å². The Morgan fingerprint density at radius 1 is 0.682 bits per heavy atom. The molecule has 1 aliphatic carbocycles. The minimum absolute atomic E-state index is 0.0494. The van der Waals surface area contributed by atoms with E-state index in [1.54, 1.807) is 51.1 Å². The summed E-state index contributed by atoms with van der Waals surface area (Å²) in [5, 5.41) is 14.4. The van der Waals surface area contributed by atoms with Crippen LogP contribution in [0.4, 0.5) is 9.59 Å². The van der Waals surface area contributed by atoms with Crippen molar-refractivity contribution in [2.24, 2.45) is 5.73 Å². The van der Waals surface area contributed by atoms with Crippen molar-refractivity contribution in [2.45, 2.75) is 69.7 Å². The number of benzene rings is 3. The van der Waals surface area contributed by atoms with Crippen LogP contribution in [0.25, 0.3) is 11.1 Å². The fourth-order valence-electron chi connectivity index (χ4n) is 6.53. The lowest BCUT2D eigenvalue weighted by Crippen LogP contribution is -2.58. The van der Waals surface area contributed by atoms with Crippen LogP contribution in [0.1, 0.15) is 56.2 Å². The van der Waals surface area contributed by atoms with Crippen LogP contribution in [0.3, 0.4) is 0 Å². The van der Waals surface area contributed by atoms with Gasteiger partial charge in [0.2, 0.25) is 29.5 Å². The van der Waals surface area contributed by atoms with Gasteiger partial charge in [-0.2, -0.15) is 0 Å². The van der Waals surface area contributed by atoms with Crippen LogP contribution in [0, 0.1) is 0 Å². The molecule has 0 aromatic heterocycles. The summed E-state index contributed by atoms with van der Waals surface area (Å²) >= 11 is 0. The number of carbonyl (C=O) groups excluding carboxylic acids is 9. The normalized spacial score (nSPS) is 12.8. The highest BCUT2D eigenvalue weighted by Crippen LogP contribution is 2.44. The number of hydrogen-bond acceptors (Lipinski definition) is 13. The molecule has 0 saturated heterocycles. The number of nitrogens with two attached hydrogens (primary N) is 1. The first-order valence-electron chi connectivity index (χ1n) is 20.9. The van der Waals surface area contributed by atoms with E-state index < -0.39 is 116 Å². The number of nitrogens with one attached hydrogen (secondary N) is 6. The second-order valence-corrected chi connectivity index (χ2v) is 15.8. The largest absolute Gasteiger partial charge is 0.465 e. The van der Waals surface area contributed by atoms with Gasteiger partial charge in [-0.05, 0) is 48.6 Å². The predicted molar refractivity (Wildman–Crippen MR) is 237 cm³/mol. The van der Waals surface area contributed by atoms with E-state index in [2.05, 4.69) is 38.5 Å². The number of primary amides is 1. The van der Waals surface area contributed by atoms with Crippen LogP contribution in [0.2, 0.25) is 0 Å². The number of rotatable bonds is 23. The standard InChI is InChI=1S/C46H55N7O13/c1-5-20-64-43(60)35(52-44(61)65-27-33-31-17-11-9-15-29(31)30-16-10-12-18-32(30)33)23-40(57)63-21-19-38(55)48-24-36(53-45(62)66-46(2,3)4)42(59)51-34(22-28-13-7-6-8-14-28)41(58)50-26-39(56)49-25-37(47)54/h5-18,33-36H,1,19-27H2,2-4H3,(H2,47,54)(H,48,55)(H,49,56)(H,50,58)(H,51,59)(H,52,61)(H,53,62)/t34-,35-,36-/m0/s1. The molecule has 0 bridgehead atoms. The molecule has 7 amide bonds. The molecular weight excluding hydrogens is 859 g/mol. The zero-order valence-corrected chi connectivity index (χ0v) is 36.8. The molecule has 0 heterocycles. The first-order chi connectivity index (χ1) is 31.4. The van der Waals surface area contributed by atoms with Gasteiger partial charge in [-0.1, -0.05) is 91.5 Å². The Morgan fingerprint density at radius 2 is 1.30 bits per heavy atom. The zero-order valence-electron chi connectivity index (χ0n) is 36.8. The van der Waals surface area contributed by atoms with Gasteiger partial charge in [0.15, 0.2) is 0 Å². The van der Waals surface area contributed by atoms with Crippen LogP contribution in [0.15, 0.2) is 91.5 Å². The lowest BCUT2D eigenvalue weighted by molar-refractivity contribution is -0.152. The van der Waals surface area contributed by atoms with Crippen LogP contribution in [-0.4, -0.2) is 117 Å². The number of alkyl carbamates (subject to hydrolysis) is 2. The Labute approximate surface area is 381 Å². The third kappa shape index (κ3) is 16.7. The van der Waals surface area contributed by atoms with E-state index in [1.165, 1.54) is 6.08 Å². The van der Waals surface area contributed by atoms with Gasteiger partial charge in [-0.25, -0.2) is 14.4 Å². The third-order valence-corrected chi connectivity index (χ3v) is 9.54. The molecule has 3 aromatic carbocycles. The fraction of sp³-hybridized carbons (Fsp3) is 0.370. The van der Waals surface area contributed by atoms with Crippen molar-refractivity contribution in [1.29, 1.82) is 0 Å². The average molecular weight is 914 g/mol. The molecule has 0 fully saturated rings. The summed E-state index contributed by atoms with van der Waals surface area (Å²) in [6.45, 7) is 5.97. The minimum Gasteiger partial charge on any atom is -0.465 e. The molecule has 4 rings (SSSR count). The molecule has 0 radical (unpaired) electrons. The van der Waals surface area contributed by atoms with Crippen molar-refractivity contribution in [2.75, 3.05) is 39.5 Å². The molecule has 0 unspecified atom stereocenters. The molecule has 0 aliphatic heterocycles. The highest BCUT2D eigenvalue weighted by Gasteiger charge is 2.32. The van der Waals surface area contributed by atoms with Crippen molar-refractivity contribution in [3.8, 4) is 11.1 Å². The average Bonchev–Trinajstić information content (AvgIpc) is 3.59. The van der Waals surface area contributed by atoms with E-state index in [-0.39, 0.29) is 25.6 Å². The molecule has 352 valence electrons. The SMILES string of the molecule is C=CCOC(=O)[C@H](CC(=O)OCCC(=O)NC[C@H](NC(=O)OC(C)(C)C)C(=O)N[C@@H](Cc1ccccc1)C(=O)NCC(=O)NCC(N)=O)NC(=O)OCC1c2ccccc2-c2ccccc21. The zero-order chi connectivity index (χ0) is 48.2. The first kappa shape index (κ1) is 50.9. The lowest BCUT2D eigenvalue weighted by atomic mass is 9.98. The molecule has 1 aliphatic rings. The predicted octanol–water partition coefficient (Wildman–Crippen LogP) is 1.40. The highest BCUT2D eigenvalue weighted by atomic mass is 16.6. The molecule has 3 atom stereocenters. The smallest absolute Gasteiger partial charge is 0.408 e. The van der Waals surface area contributed by atoms with E-state index in [4.69, 9.17) is 24.7 Å². The Morgan fingerprint density at radius 3 is 1.92 bits per heavy atom. The molecule has 0 spiro atoms. The number of amides is 7. The maximum atomic E-state index is 13.7. The number of fused-ring (bicyclic) bond motifs is 3. The molecule has 20 nitrogen and oxygen atoms in total. The van der Waals surface area contributed by atoms with Gasteiger partial charge in [0.1, 0.15) is 43.5 Å². The van der Waals surface area contributed by atoms with Crippen molar-refractivity contribution < 1.29 is 62.1 Å². The van der Waals surface area contributed by atoms with Gasteiger partial charge in [-0.3, -0.25) is 28.8 Å². The molecule has 8 N–H and O–H groups in total. The Bertz CT molecular complexity index is 2200. The summed E-state index contributed by atoms with van der Waals surface area (Å²) in [5.74, 6) is -6.15. The summed E-state index contributed by atoms with van der Waals surface area (Å²) in [6, 6.07) is 19.7. The molecule has 66 heavy (non-hydrogen) atoms. The van der Waals surface area contributed by atoms with Crippen molar-refractivity contribution >= 4 is 53.7 Å². The van der Waals surface area contributed by atoms with Gasteiger partial charge in [0, 0.05) is 18.9 Å². The highest BCUT2D eigenvalue weighted by molar-refractivity contribution is 5.94. The van der Waals surface area contributed by atoms with E-state index in [1.807, 2.05) is 48.5 Å². The second-order valence-electron chi connectivity index (χ2n) is 15.8. The van der Waals surface area contributed by atoms with Crippen LogP contribution < -0.4 is 37.6 Å². The second kappa shape index (κ2) is 24.9. The summed E-state index contributed by atoms with van der Waals surface area (Å²) in [5.41, 5.74) is 8.67. The Hall–Kier alpha value is -7.77. The number of carbonyl (C=O) groups is 9. The topological polar surface area (TPSA) is 289 Å². The Kier molecular flexibility index (Phi) is 19.2. The van der Waals surface area contributed by atoms with Crippen LogP contribution in [0.5, 0.6) is 0 Å². The van der Waals surface area contributed by atoms with E-state index in [9.17, 15) is 43.2 Å². The molecule has 3 aromatic rings. The van der Waals surface area contributed by atoms with Gasteiger partial charge in [0.05, 0.1) is 25.9 Å². The summed E-state index contributed by atoms with van der Waals surface area (Å²) in [7, 11) is 0. The summed E-state index contributed by atoms with van der Waals surface area (Å²) in [6.07, 6.45) is -1.87. The number of esters is 2. The van der Waals surface area contributed by atoms with Gasteiger partial charge >= 0.3 is 24.1 Å². The van der Waals surface area contributed by atoms with Crippen molar-refractivity contribution in [3.63, 3.8) is 0 Å². The quantitative estimate of drug-likeness (QED) is 0.0403. The Balaban J connectivity index is 1.33. The molecular formula is C46H55N7O13.